The normalized spacial score (nSPS) is 10.0. The van der Waals surface area contributed by atoms with Gasteiger partial charge in [0, 0.05) is 6.20 Å². The van der Waals surface area contributed by atoms with Crippen LogP contribution in [-0.2, 0) is 11.2 Å². The van der Waals surface area contributed by atoms with E-state index in [1.54, 1.807) is 12.3 Å². The molecule has 0 saturated heterocycles. The Morgan fingerprint density at radius 1 is 1.16 bits per heavy atom. The molecule has 0 fully saturated rings. The van der Waals surface area contributed by atoms with Crippen molar-refractivity contribution in [1.29, 1.82) is 0 Å². The van der Waals surface area contributed by atoms with E-state index in [9.17, 15) is 4.79 Å². The summed E-state index contributed by atoms with van der Waals surface area (Å²) in [5.41, 5.74) is 1.61. The van der Waals surface area contributed by atoms with E-state index in [0.29, 0.717) is 17.1 Å². The minimum Gasteiger partial charge on any atom is -0.465 e. The molecule has 1 aromatic heterocycles. The zero-order chi connectivity index (χ0) is 13.7. The Labute approximate surface area is 112 Å². The van der Waals surface area contributed by atoms with Crippen molar-refractivity contribution in [2.45, 2.75) is 13.3 Å². The lowest BCUT2D eigenvalue weighted by Gasteiger charge is -2.07. The largest absolute Gasteiger partial charge is 0.465 e. The summed E-state index contributed by atoms with van der Waals surface area (Å²) in [4.78, 5) is 15.3. The van der Waals surface area contributed by atoms with Gasteiger partial charge in [0.05, 0.1) is 18.9 Å². The monoisotopic (exact) mass is 257 g/mol. The smallest absolute Gasteiger partial charge is 0.339 e. The fourth-order valence-corrected chi connectivity index (χ4v) is 1.63. The molecule has 4 heteroatoms. The lowest BCUT2D eigenvalue weighted by molar-refractivity contribution is 0.0600. The Kier molecular flexibility index (Phi) is 4.13. The molecule has 98 valence electrons. The van der Waals surface area contributed by atoms with Gasteiger partial charge in [0.15, 0.2) is 0 Å². The van der Waals surface area contributed by atoms with Gasteiger partial charge in [-0.05, 0) is 30.2 Å². The van der Waals surface area contributed by atoms with Crippen molar-refractivity contribution in [3.63, 3.8) is 0 Å². The van der Waals surface area contributed by atoms with E-state index in [2.05, 4.69) is 16.6 Å². The molecule has 2 rings (SSSR count). The van der Waals surface area contributed by atoms with Crippen LogP contribution in [0.3, 0.4) is 0 Å². The summed E-state index contributed by atoms with van der Waals surface area (Å²) in [6.45, 7) is 2.10. The molecule has 0 aliphatic rings. The van der Waals surface area contributed by atoms with Gasteiger partial charge in [-0.1, -0.05) is 19.1 Å². The molecular formula is C15H15NO3. The number of esters is 1. The summed E-state index contributed by atoms with van der Waals surface area (Å²) in [5, 5.41) is 0. The molecule has 4 nitrogen and oxygen atoms in total. The fourth-order valence-electron chi connectivity index (χ4n) is 1.63. The van der Waals surface area contributed by atoms with Gasteiger partial charge in [-0.15, -0.1) is 0 Å². The third-order valence-electron chi connectivity index (χ3n) is 2.70. The number of rotatable bonds is 4. The summed E-state index contributed by atoms with van der Waals surface area (Å²) in [5.74, 6) is 0.785. The first-order valence-electron chi connectivity index (χ1n) is 6.03. The van der Waals surface area contributed by atoms with E-state index in [-0.39, 0.29) is 0 Å². The van der Waals surface area contributed by atoms with E-state index in [1.165, 1.54) is 18.9 Å². The minimum absolute atomic E-state index is 0.366. The minimum atomic E-state index is -0.431. The van der Waals surface area contributed by atoms with Crippen LogP contribution in [0.5, 0.6) is 11.5 Å². The number of carbonyl (C=O) groups is 1. The third kappa shape index (κ3) is 3.31. The van der Waals surface area contributed by atoms with Gasteiger partial charge in [0.1, 0.15) is 11.5 Å². The second kappa shape index (κ2) is 6.00. The standard InChI is InChI=1S/C15H15NO3/c1-3-11-4-6-13(7-5-11)19-14-8-12(9-16-10-14)15(17)18-2/h4-10H,3H2,1-2H3. The lowest BCUT2D eigenvalue weighted by atomic mass is 10.2. The number of aryl methyl sites for hydroxylation is 1. The Balaban J connectivity index is 2.16. The first-order chi connectivity index (χ1) is 9.22. The second-order valence-corrected chi connectivity index (χ2v) is 4.00. The average Bonchev–Trinajstić information content (AvgIpc) is 2.47. The zero-order valence-electron chi connectivity index (χ0n) is 10.9. The Morgan fingerprint density at radius 3 is 2.53 bits per heavy atom. The second-order valence-electron chi connectivity index (χ2n) is 4.00. The molecule has 0 amide bonds. The third-order valence-corrected chi connectivity index (χ3v) is 2.70. The van der Waals surface area contributed by atoms with Crippen molar-refractivity contribution in [2.24, 2.45) is 0 Å². The number of pyridine rings is 1. The molecule has 0 unspecified atom stereocenters. The van der Waals surface area contributed by atoms with Crippen LogP contribution in [0, 0.1) is 0 Å². The van der Waals surface area contributed by atoms with Gasteiger partial charge in [0.25, 0.3) is 0 Å². The van der Waals surface area contributed by atoms with Crippen molar-refractivity contribution in [2.75, 3.05) is 7.11 Å². The van der Waals surface area contributed by atoms with E-state index in [0.717, 1.165) is 6.42 Å². The number of carbonyl (C=O) groups excluding carboxylic acids is 1. The first kappa shape index (κ1) is 13.1. The van der Waals surface area contributed by atoms with Crippen molar-refractivity contribution >= 4 is 5.97 Å². The van der Waals surface area contributed by atoms with Gasteiger partial charge >= 0.3 is 5.97 Å². The molecular weight excluding hydrogens is 242 g/mol. The van der Waals surface area contributed by atoms with Crippen LogP contribution in [0.4, 0.5) is 0 Å². The molecule has 0 atom stereocenters. The molecule has 0 aliphatic carbocycles. The molecule has 0 bridgehead atoms. The number of aromatic nitrogens is 1. The van der Waals surface area contributed by atoms with E-state index in [4.69, 9.17) is 4.74 Å². The lowest BCUT2D eigenvalue weighted by Crippen LogP contribution is -2.01. The highest BCUT2D eigenvalue weighted by atomic mass is 16.5. The van der Waals surface area contributed by atoms with Crippen LogP contribution in [0.1, 0.15) is 22.8 Å². The summed E-state index contributed by atoms with van der Waals surface area (Å²) in [6, 6.07) is 9.40. The van der Waals surface area contributed by atoms with Crippen molar-refractivity contribution < 1.29 is 14.3 Å². The molecule has 1 aromatic carbocycles. The topological polar surface area (TPSA) is 48.4 Å². The molecule has 2 aromatic rings. The highest BCUT2D eigenvalue weighted by Gasteiger charge is 2.07. The van der Waals surface area contributed by atoms with Crippen molar-refractivity contribution in [3.8, 4) is 11.5 Å². The molecule has 0 radical (unpaired) electrons. The van der Waals surface area contributed by atoms with Gasteiger partial charge in [0.2, 0.25) is 0 Å². The number of nitrogens with zero attached hydrogens (tertiary/aromatic N) is 1. The predicted molar refractivity (Wildman–Crippen MR) is 71.5 cm³/mol. The van der Waals surface area contributed by atoms with Crippen LogP contribution in [0.15, 0.2) is 42.7 Å². The van der Waals surface area contributed by atoms with Crippen molar-refractivity contribution in [1.82, 2.24) is 4.98 Å². The van der Waals surface area contributed by atoms with E-state index in [1.807, 2.05) is 24.3 Å². The highest BCUT2D eigenvalue weighted by molar-refractivity contribution is 5.89. The summed E-state index contributed by atoms with van der Waals surface area (Å²) in [6.07, 6.45) is 3.98. The van der Waals surface area contributed by atoms with E-state index >= 15 is 0 Å². The van der Waals surface area contributed by atoms with Crippen LogP contribution in [0.25, 0.3) is 0 Å². The van der Waals surface area contributed by atoms with Crippen LogP contribution >= 0.6 is 0 Å². The van der Waals surface area contributed by atoms with Crippen molar-refractivity contribution in [3.05, 3.63) is 53.9 Å². The summed E-state index contributed by atoms with van der Waals surface area (Å²) < 4.78 is 10.3. The van der Waals surface area contributed by atoms with Gasteiger partial charge in [-0.25, -0.2) is 4.79 Å². The summed E-state index contributed by atoms with van der Waals surface area (Å²) in [7, 11) is 1.33. The fraction of sp³-hybridized carbons (Fsp3) is 0.200. The molecule has 1 heterocycles. The SMILES string of the molecule is CCc1ccc(Oc2cncc(C(=O)OC)c2)cc1. The number of benzene rings is 1. The molecule has 0 N–H and O–H groups in total. The van der Waals surface area contributed by atoms with Gasteiger partial charge < -0.3 is 9.47 Å². The number of ether oxygens (including phenoxy) is 2. The Bertz CT molecular complexity index is 564. The Morgan fingerprint density at radius 2 is 1.89 bits per heavy atom. The average molecular weight is 257 g/mol. The first-order valence-corrected chi connectivity index (χ1v) is 6.03. The Hall–Kier alpha value is -2.36. The van der Waals surface area contributed by atoms with Crippen LogP contribution in [0.2, 0.25) is 0 Å². The maximum absolute atomic E-state index is 11.4. The summed E-state index contributed by atoms with van der Waals surface area (Å²) >= 11 is 0. The molecule has 0 spiro atoms. The molecule has 0 saturated carbocycles. The van der Waals surface area contributed by atoms with Gasteiger partial charge in [-0.2, -0.15) is 0 Å². The predicted octanol–water partition coefficient (Wildman–Crippen LogP) is 3.22. The van der Waals surface area contributed by atoms with Gasteiger partial charge in [-0.3, -0.25) is 4.98 Å². The number of hydrogen-bond donors (Lipinski definition) is 0. The van der Waals surface area contributed by atoms with Crippen LogP contribution < -0.4 is 4.74 Å². The molecule has 0 aliphatic heterocycles. The quantitative estimate of drug-likeness (QED) is 0.789. The van der Waals surface area contributed by atoms with E-state index < -0.39 is 5.97 Å². The maximum Gasteiger partial charge on any atom is 0.339 e. The maximum atomic E-state index is 11.4. The number of hydrogen-bond acceptors (Lipinski definition) is 4. The molecule has 19 heavy (non-hydrogen) atoms. The highest BCUT2D eigenvalue weighted by Crippen LogP contribution is 2.22. The van der Waals surface area contributed by atoms with Crippen LogP contribution in [-0.4, -0.2) is 18.1 Å². The number of methoxy groups -OCH3 is 1. The zero-order valence-corrected chi connectivity index (χ0v) is 10.9.